The first-order valence-electron chi connectivity index (χ1n) is 9.10. The fraction of sp³-hybridized carbons (Fsp3) is 0.286. The third-order valence-electron chi connectivity index (χ3n) is 4.31. The number of nitrogens with one attached hydrogen (secondary N) is 1. The molecule has 3 rings (SSSR count). The van der Waals surface area contributed by atoms with Crippen molar-refractivity contribution in [3.8, 4) is 5.75 Å². The SMILES string of the molecule is CCN(c1cccc(C)c1)c1cnnc(NCCc2ccc(OC)cc2)n1. The van der Waals surface area contributed by atoms with E-state index in [1.165, 1.54) is 11.1 Å². The number of nitrogens with zero attached hydrogens (tertiary/aromatic N) is 4. The molecule has 0 saturated heterocycles. The molecule has 0 amide bonds. The molecule has 6 nitrogen and oxygen atoms in total. The standard InChI is InChI=1S/C21H25N5O/c1-4-26(18-7-5-6-16(2)14-18)20-15-23-25-21(24-20)22-13-12-17-8-10-19(27-3)11-9-17/h5-11,14-15H,4,12-13H2,1-3H3,(H,22,24,25). The highest BCUT2D eigenvalue weighted by atomic mass is 16.5. The monoisotopic (exact) mass is 363 g/mol. The number of methoxy groups -OCH3 is 1. The maximum atomic E-state index is 5.18. The van der Waals surface area contributed by atoms with Crippen LogP contribution in [0.25, 0.3) is 0 Å². The fourth-order valence-corrected chi connectivity index (χ4v) is 2.88. The molecule has 0 aliphatic carbocycles. The van der Waals surface area contributed by atoms with Gasteiger partial charge in [-0.2, -0.15) is 10.1 Å². The van der Waals surface area contributed by atoms with Gasteiger partial charge in [0.15, 0.2) is 5.82 Å². The Morgan fingerprint density at radius 3 is 2.63 bits per heavy atom. The molecule has 0 fully saturated rings. The zero-order valence-corrected chi connectivity index (χ0v) is 16.0. The highest BCUT2D eigenvalue weighted by Gasteiger charge is 2.11. The minimum Gasteiger partial charge on any atom is -0.497 e. The highest BCUT2D eigenvalue weighted by molar-refractivity contribution is 5.60. The van der Waals surface area contributed by atoms with Crippen LogP contribution in [-0.4, -0.2) is 35.4 Å². The molecule has 0 bridgehead atoms. The molecule has 3 aromatic rings. The summed E-state index contributed by atoms with van der Waals surface area (Å²) >= 11 is 0. The number of hydrogen-bond donors (Lipinski definition) is 1. The van der Waals surface area contributed by atoms with Crippen molar-refractivity contribution in [2.75, 3.05) is 30.4 Å². The number of aromatic nitrogens is 3. The summed E-state index contributed by atoms with van der Waals surface area (Å²) in [4.78, 5) is 6.75. The fourth-order valence-electron chi connectivity index (χ4n) is 2.88. The molecule has 1 aromatic heterocycles. The van der Waals surface area contributed by atoms with E-state index in [2.05, 4.69) is 75.6 Å². The van der Waals surface area contributed by atoms with Crippen LogP contribution in [0, 0.1) is 6.92 Å². The largest absolute Gasteiger partial charge is 0.497 e. The number of benzene rings is 2. The van der Waals surface area contributed by atoms with E-state index in [4.69, 9.17) is 4.74 Å². The van der Waals surface area contributed by atoms with Crippen LogP contribution in [0.5, 0.6) is 5.75 Å². The van der Waals surface area contributed by atoms with E-state index < -0.39 is 0 Å². The molecule has 0 spiro atoms. The third kappa shape index (κ3) is 4.94. The Labute approximate surface area is 160 Å². The van der Waals surface area contributed by atoms with Crippen LogP contribution in [0.2, 0.25) is 0 Å². The number of hydrogen-bond acceptors (Lipinski definition) is 6. The van der Waals surface area contributed by atoms with Crippen molar-refractivity contribution in [1.29, 1.82) is 0 Å². The molecule has 0 unspecified atom stereocenters. The van der Waals surface area contributed by atoms with Crippen LogP contribution >= 0.6 is 0 Å². The van der Waals surface area contributed by atoms with Crippen molar-refractivity contribution in [1.82, 2.24) is 15.2 Å². The lowest BCUT2D eigenvalue weighted by Gasteiger charge is -2.22. The minimum absolute atomic E-state index is 0.534. The van der Waals surface area contributed by atoms with Crippen molar-refractivity contribution in [2.24, 2.45) is 0 Å². The van der Waals surface area contributed by atoms with Gasteiger partial charge in [0.05, 0.1) is 13.3 Å². The maximum absolute atomic E-state index is 5.18. The first-order valence-corrected chi connectivity index (χ1v) is 9.10. The van der Waals surface area contributed by atoms with Crippen LogP contribution in [0.3, 0.4) is 0 Å². The second-order valence-electron chi connectivity index (χ2n) is 6.25. The molecule has 2 aromatic carbocycles. The van der Waals surface area contributed by atoms with Gasteiger partial charge in [0.1, 0.15) is 5.75 Å². The zero-order valence-electron chi connectivity index (χ0n) is 16.0. The molecule has 27 heavy (non-hydrogen) atoms. The van der Waals surface area contributed by atoms with E-state index in [0.717, 1.165) is 36.8 Å². The predicted octanol–water partition coefficient (Wildman–Crippen LogP) is 4.00. The molecule has 0 saturated carbocycles. The Bertz CT molecular complexity index is 866. The smallest absolute Gasteiger partial charge is 0.244 e. The maximum Gasteiger partial charge on any atom is 0.244 e. The van der Waals surface area contributed by atoms with Gasteiger partial charge < -0.3 is 15.0 Å². The van der Waals surface area contributed by atoms with Gasteiger partial charge in [-0.1, -0.05) is 24.3 Å². The van der Waals surface area contributed by atoms with Gasteiger partial charge in [-0.15, -0.1) is 5.10 Å². The van der Waals surface area contributed by atoms with E-state index in [9.17, 15) is 0 Å². The molecule has 140 valence electrons. The first kappa shape index (κ1) is 18.6. The minimum atomic E-state index is 0.534. The molecule has 1 N–H and O–H groups in total. The van der Waals surface area contributed by atoms with Gasteiger partial charge in [-0.25, -0.2) is 0 Å². The summed E-state index contributed by atoms with van der Waals surface area (Å²) < 4.78 is 5.18. The average molecular weight is 363 g/mol. The van der Waals surface area contributed by atoms with Gasteiger partial charge in [0.25, 0.3) is 0 Å². The van der Waals surface area contributed by atoms with Crippen LogP contribution in [0.15, 0.2) is 54.7 Å². The lowest BCUT2D eigenvalue weighted by Crippen LogP contribution is -2.19. The molecule has 1 heterocycles. The van der Waals surface area contributed by atoms with Crippen molar-refractivity contribution < 1.29 is 4.74 Å². The Morgan fingerprint density at radius 2 is 1.93 bits per heavy atom. The van der Waals surface area contributed by atoms with Crippen molar-refractivity contribution in [2.45, 2.75) is 20.3 Å². The zero-order chi connectivity index (χ0) is 19.1. The summed E-state index contributed by atoms with van der Waals surface area (Å²) in [5.41, 5.74) is 3.54. The predicted molar refractivity (Wildman–Crippen MR) is 109 cm³/mol. The summed E-state index contributed by atoms with van der Waals surface area (Å²) in [6.07, 6.45) is 2.56. The Kier molecular flexibility index (Phi) is 6.20. The van der Waals surface area contributed by atoms with E-state index in [1.807, 2.05) is 12.1 Å². The normalized spacial score (nSPS) is 10.5. The number of aryl methyl sites for hydroxylation is 1. The Balaban J connectivity index is 1.65. The number of rotatable bonds is 8. The summed E-state index contributed by atoms with van der Waals surface area (Å²) in [5.74, 6) is 2.18. The summed E-state index contributed by atoms with van der Waals surface area (Å²) in [5, 5.41) is 11.5. The first-order chi connectivity index (χ1) is 13.2. The Hall–Kier alpha value is -3.15. The summed E-state index contributed by atoms with van der Waals surface area (Å²) in [6.45, 7) is 5.71. The van der Waals surface area contributed by atoms with Gasteiger partial charge in [-0.3, -0.25) is 0 Å². The van der Waals surface area contributed by atoms with E-state index in [-0.39, 0.29) is 0 Å². The van der Waals surface area contributed by atoms with E-state index in [0.29, 0.717) is 5.95 Å². The van der Waals surface area contributed by atoms with Gasteiger partial charge >= 0.3 is 0 Å². The molecule has 0 atom stereocenters. The molecular formula is C21H25N5O. The molecule has 0 aliphatic heterocycles. The lowest BCUT2D eigenvalue weighted by molar-refractivity contribution is 0.414. The average Bonchev–Trinajstić information content (AvgIpc) is 2.70. The second-order valence-corrected chi connectivity index (χ2v) is 6.25. The van der Waals surface area contributed by atoms with Gasteiger partial charge in [0, 0.05) is 18.8 Å². The van der Waals surface area contributed by atoms with Crippen molar-refractivity contribution in [3.63, 3.8) is 0 Å². The quantitative estimate of drug-likeness (QED) is 0.653. The second kappa shape index (κ2) is 8.98. The molecule has 6 heteroatoms. The van der Waals surface area contributed by atoms with Gasteiger partial charge in [-0.05, 0) is 55.7 Å². The van der Waals surface area contributed by atoms with Crippen LogP contribution in [0.4, 0.5) is 17.5 Å². The van der Waals surface area contributed by atoms with E-state index >= 15 is 0 Å². The summed E-state index contributed by atoms with van der Waals surface area (Å²) in [6, 6.07) is 16.4. The topological polar surface area (TPSA) is 63.2 Å². The third-order valence-corrected chi connectivity index (χ3v) is 4.31. The van der Waals surface area contributed by atoms with Crippen molar-refractivity contribution in [3.05, 3.63) is 65.9 Å². The van der Waals surface area contributed by atoms with Crippen LogP contribution in [-0.2, 0) is 6.42 Å². The van der Waals surface area contributed by atoms with Crippen LogP contribution < -0.4 is 15.0 Å². The van der Waals surface area contributed by atoms with Crippen LogP contribution in [0.1, 0.15) is 18.1 Å². The molecule has 0 aliphatic rings. The van der Waals surface area contributed by atoms with E-state index in [1.54, 1.807) is 13.3 Å². The summed E-state index contributed by atoms with van der Waals surface area (Å²) in [7, 11) is 1.67. The van der Waals surface area contributed by atoms with Crippen molar-refractivity contribution >= 4 is 17.5 Å². The highest BCUT2D eigenvalue weighted by Crippen LogP contribution is 2.24. The van der Waals surface area contributed by atoms with Gasteiger partial charge in [0.2, 0.25) is 5.95 Å². The molecule has 0 radical (unpaired) electrons. The number of anilines is 3. The molecular weight excluding hydrogens is 338 g/mol. The lowest BCUT2D eigenvalue weighted by atomic mass is 10.1. The number of ether oxygens (including phenoxy) is 1. The Morgan fingerprint density at radius 1 is 1.11 bits per heavy atom.